The van der Waals surface area contributed by atoms with Crippen LogP contribution in [0.15, 0.2) is 48.7 Å². The van der Waals surface area contributed by atoms with Gasteiger partial charge < -0.3 is 15.5 Å². The van der Waals surface area contributed by atoms with E-state index in [-0.39, 0.29) is 11.9 Å². The normalized spacial score (nSPS) is 18.8. The molecule has 1 amide bonds. The molecule has 1 unspecified atom stereocenters. The zero-order valence-corrected chi connectivity index (χ0v) is 13.4. The van der Waals surface area contributed by atoms with Crippen LogP contribution in [-0.2, 0) is 11.2 Å². The molecule has 23 heavy (non-hydrogen) atoms. The molecule has 0 aliphatic carbocycles. The maximum absolute atomic E-state index is 12.8. The minimum absolute atomic E-state index is 0.0937. The number of benzene rings is 1. The summed E-state index contributed by atoms with van der Waals surface area (Å²) in [5.74, 6) is 0.115. The summed E-state index contributed by atoms with van der Waals surface area (Å²) in [4.78, 5) is 21.3. The number of hydrogen-bond donors (Lipinski definition) is 1. The summed E-state index contributed by atoms with van der Waals surface area (Å²) in [7, 11) is 2.10. The summed E-state index contributed by atoms with van der Waals surface area (Å²) in [6.07, 6.45) is 1.91. The SMILES string of the molecule is CN1CCN(C(=O)Cc2ccc(N)cn2)C(c2ccccc2)C1. The first-order valence-corrected chi connectivity index (χ1v) is 7.87. The topological polar surface area (TPSA) is 62.5 Å². The Morgan fingerprint density at radius 3 is 2.70 bits per heavy atom. The van der Waals surface area contributed by atoms with Gasteiger partial charge >= 0.3 is 0 Å². The molecule has 1 aliphatic rings. The molecule has 5 heteroatoms. The van der Waals surface area contributed by atoms with E-state index in [0.717, 1.165) is 25.3 Å². The lowest BCUT2D eigenvalue weighted by atomic mass is 10.0. The Morgan fingerprint density at radius 1 is 1.22 bits per heavy atom. The van der Waals surface area contributed by atoms with E-state index in [2.05, 4.69) is 29.1 Å². The van der Waals surface area contributed by atoms with Gasteiger partial charge in [-0.05, 0) is 24.7 Å². The summed E-state index contributed by atoms with van der Waals surface area (Å²) in [5, 5.41) is 0. The number of rotatable bonds is 3. The molecule has 0 saturated carbocycles. The molecule has 0 radical (unpaired) electrons. The zero-order valence-electron chi connectivity index (χ0n) is 13.4. The number of nitrogens with zero attached hydrogens (tertiary/aromatic N) is 3. The van der Waals surface area contributed by atoms with Gasteiger partial charge in [0.1, 0.15) is 0 Å². The van der Waals surface area contributed by atoms with E-state index in [4.69, 9.17) is 5.73 Å². The van der Waals surface area contributed by atoms with Crippen LogP contribution in [0.1, 0.15) is 17.3 Å². The van der Waals surface area contributed by atoms with Gasteiger partial charge in [-0.15, -0.1) is 0 Å². The standard InChI is InChI=1S/C18H22N4O/c1-21-9-10-22(17(13-21)14-5-3-2-4-6-14)18(23)11-16-8-7-15(19)12-20-16/h2-8,12,17H,9-11,13,19H2,1H3. The second-order valence-electron chi connectivity index (χ2n) is 6.04. The fourth-order valence-corrected chi connectivity index (χ4v) is 2.98. The van der Waals surface area contributed by atoms with E-state index in [1.165, 1.54) is 5.56 Å². The van der Waals surface area contributed by atoms with Crippen molar-refractivity contribution in [2.24, 2.45) is 0 Å². The number of hydrogen-bond acceptors (Lipinski definition) is 4. The Morgan fingerprint density at radius 2 is 2.00 bits per heavy atom. The number of carbonyl (C=O) groups is 1. The van der Waals surface area contributed by atoms with Gasteiger partial charge in [0.05, 0.1) is 24.3 Å². The van der Waals surface area contributed by atoms with Crippen molar-refractivity contribution in [3.63, 3.8) is 0 Å². The van der Waals surface area contributed by atoms with E-state index < -0.39 is 0 Å². The average molecular weight is 310 g/mol. The number of pyridine rings is 1. The molecule has 0 spiro atoms. The lowest BCUT2D eigenvalue weighted by molar-refractivity contribution is -0.135. The van der Waals surface area contributed by atoms with Gasteiger partial charge in [0.25, 0.3) is 0 Å². The van der Waals surface area contributed by atoms with Crippen molar-refractivity contribution in [1.82, 2.24) is 14.8 Å². The summed E-state index contributed by atoms with van der Waals surface area (Å²) in [5.41, 5.74) is 8.20. The maximum Gasteiger partial charge on any atom is 0.229 e. The highest BCUT2D eigenvalue weighted by Gasteiger charge is 2.30. The largest absolute Gasteiger partial charge is 0.397 e. The highest BCUT2D eigenvalue weighted by Crippen LogP contribution is 2.25. The third-order valence-corrected chi connectivity index (χ3v) is 4.27. The first kappa shape index (κ1) is 15.5. The van der Waals surface area contributed by atoms with Crippen LogP contribution >= 0.6 is 0 Å². The molecule has 5 nitrogen and oxygen atoms in total. The van der Waals surface area contributed by atoms with E-state index in [0.29, 0.717) is 12.1 Å². The lowest BCUT2D eigenvalue weighted by Gasteiger charge is -2.40. The first-order chi connectivity index (χ1) is 11.1. The van der Waals surface area contributed by atoms with Crippen LogP contribution in [0.2, 0.25) is 0 Å². The minimum atomic E-state index is 0.0937. The van der Waals surface area contributed by atoms with Crippen molar-refractivity contribution in [2.75, 3.05) is 32.4 Å². The summed E-state index contributed by atoms with van der Waals surface area (Å²) < 4.78 is 0. The lowest BCUT2D eigenvalue weighted by Crippen LogP contribution is -2.49. The summed E-state index contributed by atoms with van der Waals surface area (Å²) >= 11 is 0. The molecule has 1 aromatic carbocycles. The number of carbonyl (C=O) groups excluding carboxylic acids is 1. The highest BCUT2D eigenvalue weighted by molar-refractivity contribution is 5.79. The first-order valence-electron chi connectivity index (χ1n) is 7.87. The van der Waals surface area contributed by atoms with Crippen LogP contribution in [0, 0.1) is 0 Å². The van der Waals surface area contributed by atoms with Gasteiger partial charge in [-0.1, -0.05) is 30.3 Å². The Labute approximate surface area is 136 Å². The fraction of sp³-hybridized carbons (Fsp3) is 0.333. The molecule has 1 saturated heterocycles. The minimum Gasteiger partial charge on any atom is -0.397 e. The van der Waals surface area contributed by atoms with E-state index in [9.17, 15) is 4.79 Å². The second-order valence-corrected chi connectivity index (χ2v) is 6.04. The quantitative estimate of drug-likeness (QED) is 0.938. The van der Waals surface area contributed by atoms with Gasteiger partial charge in [-0.2, -0.15) is 0 Å². The van der Waals surface area contributed by atoms with E-state index in [1.54, 1.807) is 12.3 Å². The zero-order chi connectivity index (χ0) is 16.2. The van der Waals surface area contributed by atoms with Crippen LogP contribution < -0.4 is 5.73 Å². The molecule has 1 aromatic heterocycles. The second kappa shape index (κ2) is 6.79. The predicted molar refractivity (Wildman–Crippen MR) is 90.7 cm³/mol. The molecule has 1 aliphatic heterocycles. The third kappa shape index (κ3) is 3.68. The molecule has 2 aromatic rings. The molecule has 1 atom stereocenters. The number of nitrogen functional groups attached to an aromatic ring is 1. The van der Waals surface area contributed by atoms with Crippen molar-refractivity contribution in [3.05, 3.63) is 59.9 Å². The molecule has 120 valence electrons. The molecular weight excluding hydrogens is 288 g/mol. The van der Waals surface area contributed by atoms with E-state index >= 15 is 0 Å². The van der Waals surface area contributed by atoms with Crippen LogP contribution in [0.5, 0.6) is 0 Å². The van der Waals surface area contributed by atoms with Crippen molar-refractivity contribution < 1.29 is 4.79 Å². The Bertz CT molecular complexity index is 656. The molecule has 3 rings (SSSR count). The predicted octanol–water partition coefficient (Wildman–Crippen LogP) is 1.72. The smallest absolute Gasteiger partial charge is 0.229 e. The maximum atomic E-state index is 12.8. The number of piperazine rings is 1. The Kier molecular flexibility index (Phi) is 4.57. The number of anilines is 1. The molecule has 0 bridgehead atoms. The number of nitrogens with two attached hydrogens (primary N) is 1. The van der Waals surface area contributed by atoms with Crippen molar-refractivity contribution in [2.45, 2.75) is 12.5 Å². The van der Waals surface area contributed by atoms with Crippen LogP contribution in [0.3, 0.4) is 0 Å². The Balaban J connectivity index is 1.78. The van der Waals surface area contributed by atoms with Gasteiger partial charge in [0.2, 0.25) is 5.91 Å². The third-order valence-electron chi connectivity index (χ3n) is 4.27. The Hall–Kier alpha value is -2.40. The number of aromatic nitrogens is 1. The van der Waals surface area contributed by atoms with Gasteiger partial charge in [0, 0.05) is 25.3 Å². The van der Waals surface area contributed by atoms with Crippen molar-refractivity contribution >= 4 is 11.6 Å². The molecular formula is C18H22N4O. The van der Waals surface area contributed by atoms with Gasteiger partial charge in [-0.3, -0.25) is 9.78 Å². The number of likely N-dealkylation sites (N-methyl/N-ethyl adjacent to an activating group) is 1. The van der Waals surface area contributed by atoms with E-state index in [1.807, 2.05) is 29.2 Å². The molecule has 1 fully saturated rings. The monoisotopic (exact) mass is 310 g/mol. The van der Waals surface area contributed by atoms with Gasteiger partial charge in [-0.25, -0.2) is 0 Å². The average Bonchev–Trinajstić information content (AvgIpc) is 2.57. The van der Waals surface area contributed by atoms with Crippen LogP contribution in [-0.4, -0.2) is 47.4 Å². The molecule has 2 heterocycles. The molecule has 2 N–H and O–H groups in total. The fourth-order valence-electron chi connectivity index (χ4n) is 2.98. The highest BCUT2D eigenvalue weighted by atomic mass is 16.2. The number of amides is 1. The van der Waals surface area contributed by atoms with Crippen molar-refractivity contribution in [1.29, 1.82) is 0 Å². The van der Waals surface area contributed by atoms with Gasteiger partial charge in [0.15, 0.2) is 0 Å². The van der Waals surface area contributed by atoms with Crippen molar-refractivity contribution in [3.8, 4) is 0 Å². The van der Waals surface area contributed by atoms with Crippen LogP contribution in [0.4, 0.5) is 5.69 Å². The summed E-state index contributed by atoms with van der Waals surface area (Å²) in [6, 6.07) is 13.9. The summed E-state index contributed by atoms with van der Waals surface area (Å²) in [6.45, 7) is 2.49. The van der Waals surface area contributed by atoms with Crippen LogP contribution in [0.25, 0.3) is 0 Å².